The third-order valence-electron chi connectivity index (χ3n) is 4.20. The van der Waals surface area contributed by atoms with E-state index in [0.717, 1.165) is 0 Å². The molecule has 4 atom stereocenters. The zero-order chi connectivity index (χ0) is 21.5. The lowest BCUT2D eigenvalue weighted by atomic mass is 10.1. The Morgan fingerprint density at radius 1 is 1.34 bits per heavy atom. The molecule has 1 aliphatic rings. The van der Waals surface area contributed by atoms with Crippen molar-refractivity contribution in [1.82, 2.24) is 24.8 Å². The fraction of sp³-hybridized carbons (Fsp3) is 0.625. The third kappa shape index (κ3) is 4.17. The Morgan fingerprint density at radius 3 is 2.62 bits per heavy atom. The molecule has 0 aliphatic carbocycles. The van der Waals surface area contributed by atoms with Crippen LogP contribution in [0.25, 0.3) is 11.2 Å². The average Bonchev–Trinajstić information content (AvgIpc) is 3.10. The molecule has 160 valence electrons. The molecule has 2 aromatic rings. The van der Waals surface area contributed by atoms with Crippen molar-refractivity contribution < 1.29 is 29.6 Å². The SMILES string of the molecule is CC(C)(C)OC(=O)NCc1nc2c(=O)[nH]c(N)nc2n1[C@H]1O[C@@H](CO)[C@H](O)[C@@H]1O. The standard InChI is InChI=1S/C16H24N6O7/c1-16(2,3)29-15(27)18-4-7-19-8-11(20-14(17)21-12(8)26)22(7)13-10(25)9(24)6(5-23)28-13/h6,9-10,13,23-25H,4-5H2,1-3H3,(H,18,27)(H3,17,20,21,26)/t6-,9-,10-,13-/m0/s1. The van der Waals surface area contributed by atoms with Gasteiger partial charge < -0.3 is 35.8 Å². The third-order valence-corrected chi connectivity index (χ3v) is 4.20. The van der Waals surface area contributed by atoms with Gasteiger partial charge in [0, 0.05) is 0 Å². The first-order chi connectivity index (χ1) is 13.5. The van der Waals surface area contributed by atoms with Crippen LogP contribution in [-0.4, -0.2) is 71.5 Å². The summed E-state index contributed by atoms with van der Waals surface area (Å²) >= 11 is 0. The molecule has 1 amide bonds. The minimum Gasteiger partial charge on any atom is -0.444 e. The predicted octanol–water partition coefficient (Wildman–Crippen LogP) is -1.66. The molecule has 1 fully saturated rings. The van der Waals surface area contributed by atoms with Crippen LogP contribution < -0.4 is 16.6 Å². The van der Waals surface area contributed by atoms with Crippen LogP contribution >= 0.6 is 0 Å². The number of imidazole rings is 1. The fourth-order valence-corrected chi connectivity index (χ4v) is 3.00. The Bertz CT molecular complexity index is 965. The highest BCUT2D eigenvalue weighted by molar-refractivity contribution is 5.72. The Kier molecular flexibility index (Phi) is 5.49. The van der Waals surface area contributed by atoms with Gasteiger partial charge in [0.2, 0.25) is 5.95 Å². The number of aromatic amines is 1. The number of aliphatic hydroxyl groups is 3. The summed E-state index contributed by atoms with van der Waals surface area (Å²) in [6, 6.07) is 0. The van der Waals surface area contributed by atoms with Gasteiger partial charge >= 0.3 is 6.09 Å². The second-order valence-corrected chi connectivity index (χ2v) is 7.61. The maximum absolute atomic E-state index is 12.2. The van der Waals surface area contributed by atoms with Gasteiger partial charge in [-0.2, -0.15) is 4.98 Å². The first-order valence-corrected chi connectivity index (χ1v) is 8.87. The van der Waals surface area contributed by atoms with E-state index in [-0.39, 0.29) is 29.5 Å². The highest BCUT2D eigenvalue weighted by Crippen LogP contribution is 2.32. The van der Waals surface area contributed by atoms with Gasteiger partial charge in [-0.15, -0.1) is 0 Å². The molecule has 0 spiro atoms. The van der Waals surface area contributed by atoms with Gasteiger partial charge in [0.05, 0.1) is 13.2 Å². The molecule has 13 nitrogen and oxygen atoms in total. The van der Waals surface area contributed by atoms with Crippen LogP contribution in [0, 0.1) is 0 Å². The van der Waals surface area contributed by atoms with E-state index in [4.69, 9.17) is 15.2 Å². The molecule has 0 unspecified atom stereocenters. The number of nitrogens with two attached hydrogens (primary N) is 1. The quantitative estimate of drug-likeness (QED) is 0.338. The van der Waals surface area contributed by atoms with Crippen molar-refractivity contribution in [3.63, 3.8) is 0 Å². The number of ether oxygens (including phenoxy) is 2. The van der Waals surface area contributed by atoms with Crippen LogP contribution in [0.1, 0.15) is 32.8 Å². The number of alkyl carbamates (subject to hydrolysis) is 1. The Balaban J connectivity index is 2.01. The maximum atomic E-state index is 12.2. The number of nitrogen functional groups attached to an aromatic ring is 1. The topological polar surface area (TPSA) is 198 Å². The monoisotopic (exact) mass is 412 g/mol. The van der Waals surface area contributed by atoms with Crippen molar-refractivity contribution in [3.8, 4) is 0 Å². The number of rotatable bonds is 4. The lowest BCUT2D eigenvalue weighted by molar-refractivity contribution is -0.0523. The Labute approximate surface area is 164 Å². The maximum Gasteiger partial charge on any atom is 0.408 e. The molecule has 1 aliphatic heterocycles. The van der Waals surface area contributed by atoms with Crippen LogP contribution in [0.15, 0.2) is 4.79 Å². The molecular weight excluding hydrogens is 388 g/mol. The highest BCUT2D eigenvalue weighted by atomic mass is 16.6. The highest BCUT2D eigenvalue weighted by Gasteiger charge is 2.45. The molecule has 1 saturated heterocycles. The summed E-state index contributed by atoms with van der Waals surface area (Å²) in [5, 5.41) is 32.3. The molecule has 13 heteroatoms. The molecule has 0 saturated carbocycles. The summed E-state index contributed by atoms with van der Waals surface area (Å²) in [6.45, 7) is 4.37. The number of nitrogens with zero attached hydrogens (tertiary/aromatic N) is 3. The average molecular weight is 412 g/mol. The smallest absolute Gasteiger partial charge is 0.408 e. The van der Waals surface area contributed by atoms with Crippen molar-refractivity contribution >= 4 is 23.2 Å². The summed E-state index contributed by atoms with van der Waals surface area (Å²) < 4.78 is 12.0. The van der Waals surface area contributed by atoms with Crippen LogP contribution in [0.3, 0.4) is 0 Å². The van der Waals surface area contributed by atoms with Crippen LogP contribution in [-0.2, 0) is 16.0 Å². The summed E-state index contributed by atoms with van der Waals surface area (Å²) in [5.74, 6) is -0.0913. The van der Waals surface area contributed by atoms with Gasteiger partial charge in [0.1, 0.15) is 29.7 Å². The molecule has 0 bridgehead atoms. The Morgan fingerprint density at radius 2 is 2.03 bits per heavy atom. The van der Waals surface area contributed by atoms with Crippen molar-refractivity contribution in [2.45, 2.75) is 57.5 Å². The van der Waals surface area contributed by atoms with E-state index in [1.165, 1.54) is 4.57 Å². The largest absolute Gasteiger partial charge is 0.444 e. The van der Waals surface area contributed by atoms with Crippen molar-refractivity contribution in [3.05, 3.63) is 16.2 Å². The van der Waals surface area contributed by atoms with Gasteiger partial charge in [-0.3, -0.25) is 14.3 Å². The van der Waals surface area contributed by atoms with Gasteiger partial charge in [-0.25, -0.2) is 9.78 Å². The first kappa shape index (κ1) is 21.0. The lowest BCUT2D eigenvalue weighted by Crippen LogP contribution is -2.35. The zero-order valence-corrected chi connectivity index (χ0v) is 16.1. The summed E-state index contributed by atoms with van der Waals surface area (Å²) in [7, 11) is 0. The van der Waals surface area contributed by atoms with Crippen LogP contribution in [0.4, 0.5) is 10.7 Å². The second kappa shape index (κ2) is 7.59. The van der Waals surface area contributed by atoms with E-state index >= 15 is 0 Å². The minimum absolute atomic E-state index is 0.0120. The number of hydrogen-bond acceptors (Lipinski definition) is 10. The first-order valence-electron chi connectivity index (χ1n) is 8.87. The Hall–Kier alpha value is -2.74. The van der Waals surface area contributed by atoms with E-state index in [9.17, 15) is 24.9 Å². The van der Waals surface area contributed by atoms with E-state index in [1.54, 1.807) is 20.8 Å². The molecule has 3 heterocycles. The summed E-state index contributed by atoms with van der Waals surface area (Å²) in [6.07, 6.45) is -5.84. The number of nitrogens with one attached hydrogen (secondary N) is 2. The summed E-state index contributed by atoms with van der Waals surface area (Å²) in [5.41, 5.74) is 4.16. The van der Waals surface area contributed by atoms with E-state index in [0.29, 0.717) is 0 Å². The van der Waals surface area contributed by atoms with E-state index in [2.05, 4.69) is 20.3 Å². The normalized spacial score (nSPS) is 24.8. The molecule has 29 heavy (non-hydrogen) atoms. The van der Waals surface area contributed by atoms with Gasteiger partial charge in [-0.1, -0.05) is 0 Å². The summed E-state index contributed by atoms with van der Waals surface area (Å²) in [4.78, 5) is 34.7. The lowest BCUT2D eigenvalue weighted by Gasteiger charge is -2.21. The number of H-pyrrole nitrogens is 1. The second-order valence-electron chi connectivity index (χ2n) is 7.61. The van der Waals surface area contributed by atoms with E-state index < -0.39 is 48.4 Å². The van der Waals surface area contributed by atoms with E-state index in [1.807, 2.05) is 0 Å². The predicted molar refractivity (Wildman–Crippen MR) is 98.6 cm³/mol. The minimum atomic E-state index is -1.45. The number of aliphatic hydroxyl groups excluding tert-OH is 3. The molecule has 0 radical (unpaired) electrons. The number of carbonyl (C=O) groups is 1. The van der Waals surface area contributed by atoms with Crippen molar-refractivity contribution in [2.24, 2.45) is 0 Å². The molecule has 2 aromatic heterocycles. The number of amides is 1. The van der Waals surface area contributed by atoms with Gasteiger partial charge in [0.25, 0.3) is 5.56 Å². The number of carbonyl (C=O) groups excluding carboxylic acids is 1. The molecule has 7 N–H and O–H groups in total. The molecule has 3 rings (SSSR count). The van der Waals surface area contributed by atoms with Gasteiger partial charge in [-0.05, 0) is 20.8 Å². The van der Waals surface area contributed by atoms with Crippen LogP contribution in [0.2, 0.25) is 0 Å². The van der Waals surface area contributed by atoms with Crippen molar-refractivity contribution in [2.75, 3.05) is 12.3 Å². The van der Waals surface area contributed by atoms with Gasteiger partial charge in [0.15, 0.2) is 17.4 Å². The molecule has 0 aromatic carbocycles. The number of fused-ring (bicyclic) bond motifs is 1. The molecular formula is C16H24N6O7. The number of hydrogen-bond donors (Lipinski definition) is 6. The van der Waals surface area contributed by atoms with Crippen LogP contribution in [0.5, 0.6) is 0 Å². The zero-order valence-electron chi connectivity index (χ0n) is 16.1. The fourth-order valence-electron chi connectivity index (χ4n) is 3.00. The van der Waals surface area contributed by atoms with Crippen molar-refractivity contribution in [1.29, 1.82) is 0 Å². The number of anilines is 1. The number of aromatic nitrogens is 4.